The summed E-state index contributed by atoms with van der Waals surface area (Å²) < 4.78 is 6.18. The summed E-state index contributed by atoms with van der Waals surface area (Å²) in [7, 11) is 1.66. The van der Waals surface area contributed by atoms with Gasteiger partial charge in [-0.1, -0.05) is 28.1 Å². The zero-order chi connectivity index (χ0) is 15.9. The Balaban J connectivity index is 0.00000264. The Morgan fingerprint density at radius 2 is 2.22 bits per heavy atom. The van der Waals surface area contributed by atoms with Gasteiger partial charge in [-0.15, -0.1) is 12.4 Å². The average molecular weight is 406 g/mol. The molecule has 0 radical (unpaired) electrons. The predicted octanol–water partition coefficient (Wildman–Crippen LogP) is 2.92. The lowest BCUT2D eigenvalue weighted by molar-refractivity contribution is -0.125. The van der Waals surface area contributed by atoms with Gasteiger partial charge >= 0.3 is 0 Å². The largest absolute Gasteiger partial charge is 0.385 e. The summed E-state index contributed by atoms with van der Waals surface area (Å²) in [5, 5.41) is 3.02. The van der Waals surface area contributed by atoms with Gasteiger partial charge < -0.3 is 15.8 Å². The van der Waals surface area contributed by atoms with Gasteiger partial charge in [-0.2, -0.15) is 0 Å². The number of hydrogen-bond donors (Lipinski definition) is 2. The summed E-state index contributed by atoms with van der Waals surface area (Å²) in [6.07, 6.45) is 3.82. The van der Waals surface area contributed by atoms with Crippen LogP contribution in [0.2, 0.25) is 0 Å². The zero-order valence-corrected chi connectivity index (χ0v) is 15.9. The molecule has 0 aromatic heterocycles. The van der Waals surface area contributed by atoms with E-state index in [0.717, 1.165) is 10.0 Å². The lowest BCUT2D eigenvalue weighted by Gasteiger charge is -2.19. The topological polar surface area (TPSA) is 64.3 Å². The molecule has 1 amide bonds. The number of ether oxygens (including phenoxy) is 1. The lowest BCUT2D eigenvalue weighted by Crippen LogP contribution is -2.41. The summed E-state index contributed by atoms with van der Waals surface area (Å²) in [4.78, 5) is 12.5. The minimum Gasteiger partial charge on any atom is -0.385 e. The first-order valence-electron chi connectivity index (χ1n) is 7.87. The minimum atomic E-state index is -0.0827. The van der Waals surface area contributed by atoms with Gasteiger partial charge in [-0.05, 0) is 49.3 Å². The fraction of sp³-hybridized carbons (Fsp3) is 0.588. The van der Waals surface area contributed by atoms with E-state index in [0.29, 0.717) is 31.9 Å². The van der Waals surface area contributed by atoms with Gasteiger partial charge in [0.05, 0.1) is 0 Å². The summed E-state index contributed by atoms with van der Waals surface area (Å²) in [6, 6.07) is 8.19. The highest BCUT2D eigenvalue weighted by Crippen LogP contribution is 2.31. The Hall–Kier alpha value is -0.620. The van der Waals surface area contributed by atoms with Crippen LogP contribution in [-0.2, 0) is 16.0 Å². The molecule has 1 aromatic rings. The molecule has 23 heavy (non-hydrogen) atoms. The molecule has 1 aromatic carbocycles. The number of halogens is 2. The van der Waals surface area contributed by atoms with Crippen molar-refractivity contribution >= 4 is 34.2 Å². The van der Waals surface area contributed by atoms with Crippen molar-refractivity contribution in [1.82, 2.24) is 5.32 Å². The summed E-state index contributed by atoms with van der Waals surface area (Å²) in [5.74, 6) is 0.594. The van der Waals surface area contributed by atoms with E-state index in [1.807, 2.05) is 18.2 Å². The van der Waals surface area contributed by atoms with Gasteiger partial charge in [-0.3, -0.25) is 4.79 Å². The number of hydrogen-bond acceptors (Lipinski definition) is 3. The van der Waals surface area contributed by atoms with Crippen molar-refractivity contribution < 1.29 is 9.53 Å². The third-order valence-electron chi connectivity index (χ3n) is 4.15. The van der Waals surface area contributed by atoms with E-state index in [4.69, 9.17) is 10.5 Å². The molecule has 2 atom stereocenters. The van der Waals surface area contributed by atoms with Gasteiger partial charge in [0.2, 0.25) is 5.91 Å². The van der Waals surface area contributed by atoms with Crippen molar-refractivity contribution in [3.05, 3.63) is 34.3 Å². The lowest BCUT2D eigenvalue weighted by atomic mass is 9.95. The molecular weight excluding hydrogens is 380 g/mol. The fourth-order valence-corrected chi connectivity index (χ4v) is 3.03. The van der Waals surface area contributed by atoms with Crippen LogP contribution in [0.3, 0.4) is 0 Å². The number of amides is 1. The molecule has 1 aliphatic carbocycles. The minimum absolute atomic E-state index is 0. The van der Waals surface area contributed by atoms with Crippen LogP contribution >= 0.6 is 28.3 Å². The predicted molar refractivity (Wildman–Crippen MR) is 98.8 cm³/mol. The maximum atomic E-state index is 12.5. The van der Waals surface area contributed by atoms with E-state index in [1.54, 1.807) is 7.11 Å². The van der Waals surface area contributed by atoms with Crippen LogP contribution in [0.25, 0.3) is 0 Å². The third kappa shape index (κ3) is 7.21. The van der Waals surface area contributed by atoms with Crippen molar-refractivity contribution in [2.24, 2.45) is 17.6 Å². The smallest absolute Gasteiger partial charge is 0.223 e. The van der Waals surface area contributed by atoms with E-state index in [2.05, 4.69) is 27.3 Å². The van der Waals surface area contributed by atoms with Crippen LogP contribution in [0.1, 0.15) is 24.8 Å². The van der Waals surface area contributed by atoms with Gasteiger partial charge in [0.25, 0.3) is 0 Å². The first-order valence-corrected chi connectivity index (χ1v) is 8.66. The van der Waals surface area contributed by atoms with Crippen LogP contribution in [0.5, 0.6) is 0 Å². The number of benzene rings is 1. The molecule has 1 fully saturated rings. The molecule has 0 spiro atoms. The Morgan fingerprint density at radius 3 is 2.83 bits per heavy atom. The van der Waals surface area contributed by atoms with E-state index in [9.17, 15) is 4.79 Å². The molecule has 1 aliphatic rings. The van der Waals surface area contributed by atoms with Crippen LogP contribution in [0, 0.1) is 11.8 Å². The van der Waals surface area contributed by atoms with Gasteiger partial charge in [0, 0.05) is 36.7 Å². The van der Waals surface area contributed by atoms with Crippen LogP contribution in [0.4, 0.5) is 0 Å². The van der Waals surface area contributed by atoms with Crippen LogP contribution in [-0.4, -0.2) is 32.2 Å². The number of carbonyl (C=O) groups excluding carboxylic acids is 1. The molecule has 4 nitrogen and oxygen atoms in total. The van der Waals surface area contributed by atoms with Crippen molar-refractivity contribution in [2.75, 3.05) is 20.3 Å². The SMILES string of the molecule is COCCC(Cc1cccc(Br)c1)C(=O)NCC(N)C1CC1.Cl. The van der Waals surface area contributed by atoms with Crippen molar-refractivity contribution in [3.63, 3.8) is 0 Å². The molecule has 6 heteroatoms. The molecule has 2 rings (SSSR count). The molecule has 0 bridgehead atoms. The van der Waals surface area contributed by atoms with Crippen LogP contribution < -0.4 is 11.1 Å². The summed E-state index contributed by atoms with van der Waals surface area (Å²) in [5.41, 5.74) is 7.20. The molecule has 130 valence electrons. The average Bonchev–Trinajstić information content (AvgIpc) is 3.33. The summed E-state index contributed by atoms with van der Waals surface area (Å²) >= 11 is 3.47. The quantitative estimate of drug-likeness (QED) is 0.664. The number of nitrogens with two attached hydrogens (primary N) is 1. The standard InChI is InChI=1S/C17H25BrN2O2.ClH/c1-22-8-7-14(9-12-3-2-4-15(18)10-12)17(21)20-11-16(19)13-5-6-13;/h2-4,10,13-14,16H,5-9,11,19H2,1H3,(H,20,21);1H. The van der Waals surface area contributed by atoms with Gasteiger partial charge in [0.1, 0.15) is 0 Å². The summed E-state index contributed by atoms with van der Waals surface area (Å²) in [6.45, 7) is 1.16. The molecule has 0 saturated heterocycles. The zero-order valence-electron chi connectivity index (χ0n) is 13.5. The van der Waals surface area contributed by atoms with Crippen LogP contribution in [0.15, 0.2) is 28.7 Å². The maximum Gasteiger partial charge on any atom is 0.223 e. The Morgan fingerprint density at radius 1 is 1.48 bits per heavy atom. The number of carbonyl (C=O) groups is 1. The normalized spacial score (nSPS) is 16.3. The molecule has 1 saturated carbocycles. The van der Waals surface area contributed by atoms with E-state index >= 15 is 0 Å². The van der Waals surface area contributed by atoms with E-state index in [-0.39, 0.29) is 30.3 Å². The molecular formula is C17H26BrClN2O2. The van der Waals surface area contributed by atoms with Gasteiger partial charge in [-0.25, -0.2) is 0 Å². The van der Waals surface area contributed by atoms with Crippen molar-refractivity contribution in [3.8, 4) is 0 Å². The number of rotatable bonds is 9. The first-order chi connectivity index (χ1) is 10.6. The van der Waals surface area contributed by atoms with E-state index < -0.39 is 0 Å². The second kappa shape index (κ2) is 10.3. The highest BCUT2D eigenvalue weighted by Gasteiger charge is 2.29. The fourth-order valence-electron chi connectivity index (χ4n) is 2.59. The highest BCUT2D eigenvalue weighted by atomic mass is 79.9. The second-order valence-electron chi connectivity index (χ2n) is 6.06. The number of nitrogens with one attached hydrogen (secondary N) is 1. The maximum absolute atomic E-state index is 12.5. The van der Waals surface area contributed by atoms with E-state index in [1.165, 1.54) is 12.8 Å². The molecule has 0 heterocycles. The molecule has 3 N–H and O–H groups in total. The first kappa shape index (κ1) is 20.4. The second-order valence-corrected chi connectivity index (χ2v) is 6.97. The Labute approximate surface area is 153 Å². The Kier molecular flexibility index (Phi) is 9.14. The van der Waals surface area contributed by atoms with Crippen molar-refractivity contribution in [2.45, 2.75) is 31.7 Å². The van der Waals surface area contributed by atoms with Gasteiger partial charge in [0.15, 0.2) is 0 Å². The van der Waals surface area contributed by atoms with Crippen molar-refractivity contribution in [1.29, 1.82) is 0 Å². The third-order valence-corrected chi connectivity index (χ3v) is 4.65. The highest BCUT2D eigenvalue weighted by molar-refractivity contribution is 9.10. The Bertz CT molecular complexity index is 497. The monoisotopic (exact) mass is 404 g/mol. The molecule has 0 aliphatic heterocycles. The molecule has 2 unspecified atom stereocenters. The number of methoxy groups -OCH3 is 1.